The summed E-state index contributed by atoms with van der Waals surface area (Å²) in [6, 6.07) is 9.12. The van der Waals surface area contributed by atoms with Gasteiger partial charge in [0.15, 0.2) is 5.82 Å². The van der Waals surface area contributed by atoms with E-state index < -0.39 is 6.43 Å². The Morgan fingerprint density at radius 1 is 1.25 bits per heavy atom. The number of carbonyl (C=O) groups is 1. The molecular weight excluding hydrogens is 420 g/mol. The molecule has 2 fully saturated rings. The fourth-order valence-corrected chi connectivity index (χ4v) is 3.91. The van der Waals surface area contributed by atoms with Gasteiger partial charge in [-0.3, -0.25) is 9.80 Å². The van der Waals surface area contributed by atoms with E-state index in [9.17, 15) is 13.6 Å². The van der Waals surface area contributed by atoms with Gasteiger partial charge in [-0.25, -0.2) is 14.6 Å². The number of halogens is 2. The minimum absolute atomic E-state index is 0.00435. The summed E-state index contributed by atoms with van der Waals surface area (Å²) in [5, 5.41) is 12.5. The number of hydrazine groups is 1. The molecular formula is C21H25F2N7O2. The van der Waals surface area contributed by atoms with Crippen LogP contribution in [0.3, 0.4) is 0 Å². The standard InChI is InChI=1S/C21H25F2N7O2/c1-13(24)16(30(25)15-4-2-14(3-5-15)20(22)23)9-32-19-7-6-17(27-28-19)29-11-21(12-29)8-18(31)26-10-21/h2-7,20H,8-12,24-25H2,1H3,(H,26,31)/b16-13-. The second-order valence-corrected chi connectivity index (χ2v) is 8.22. The summed E-state index contributed by atoms with van der Waals surface area (Å²) in [5.41, 5.74) is 7.24. The van der Waals surface area contributed by atoms with Gasteiger partial charge in [-0.05, 0) is 25.1 Å². The topological polar surface area (TPSA) is 123 Å². The lowest BCUT2D eigenvalue weighted by Gasteiger charge is -2.47. The van der Waals surface area contributed by atoms with Gasteiger partial charge in [0.2, 0.25) is 11.8 Å². The number of aromatic nitrogens is 2. The first-order chi connectivity index (χ1) is 15.3. The van der Waals surface area contributed by atoms with Crippen LogP contribution in [0.1, 0.15) is 25.3 Å². The van der Waals surface area contributed by atoms with Gasteiger partial charge in [-0.1, -0.05) is 12.1 Å². The molecule has 1 amide bonds. The van der Waals surface area contributed by atoms with E-state index in [1.807, 2.05) is 0 Å². The minimum Gasteiger partial charge on any atom is -0.470 e. The molecule has 1 aromatic carbocycles. The van der Waals surface area contributed by atoms with Crippen LogP contribution in [0.2, 0.25) is 0 Å². The number of amides is 1. The summed E-state index contributed by atoms with van der Waals surface area (Å²) < 4.78 is 31.2. The molecule has 0 atom stereocenters. The van der Waals surface area contributed by atoms with Crippen molar-refractivity contribution >= 4 is 17.4 Å². The Morgan fingerprint density at radius 3 is 2.50 bits per heavy atom. The van der Waals surface area contributed by atoms with Crippen LogP contribution in [-0.4, -0.2) is 42.3 Å². The van der Waals surface area contributed by atoms with E-state index in [0.29, 0.717) is 41.7 Å². The smallest absolute Gasteiger partial charge is 0.263 e. The maximum atomic E-state index is 12.8. The highest BCUT2D eigenvalue weighted by Gasteiger charge is 2.48. The molecule has 11 heteroatoms. The lowest BCUT2D eigenvalue weighted by atomic mass is 9.79. The van der Waals surface area contributed by atoms with E-state index in [2.05, 4.69) is 20.4 Å². The first-order valence-electron chi connectivity index (χ1n) is 10.1. The van der Waals surface area contributed by atoms with Crippen molar-refractivity contribution in [2.75, 3.05) is 36.1 Å². The number of nitrogens with zero attached hydrogens (tertiary/aromatic N) is 4. The van der Waals surface area contributed by atoms with Crippen molar-refractivity contribution in [3.05, 3.63) is 53.4 Å². The molecule has 2 aromatic rings. The van der Waals surface area contributed by atoms with Gasteiger partial charge in [0.1, 0.15) is 6.61 Å². The normalized spacial score (nSPS) is 17.8. The van der Waals surface area contributed by atoms with Crippen molar-refractivity contribution in [3.8, 4) is 5.88 Å². The average molecular weight is 445 g/mol. The largest absolute Gasteiger partial charge is 0.470 e. The van der Waals surface area contributed by atoms with Gasteiger partial charge in [-0.2, -0.15) is 0 Å². The van der Waals surface area contributed by atoms with Gasteiger partial charge in [-0.15, -0.1) is 10.2 Å². The molecule has 2 aliphatic rings. The molecule has 1 spiro atoms. The predicted octanol–water partition coefficient (Wildman–Crippen LogP) is 1.69. The number of benzene rings is 1. The summed E-state index contributed by atoms with van der Waals surface area (Å²) in [4.78, 5) is 13.5. The Labute approximate surface area is 184 Å². The van der Waals surface area contributed by atoms with Crippen molar-refractivity contribution in [3.63, 3.8) is 0 Å². The molecule has 3 heterocycles. The Bertz CT molecular complexity index is 1000. The molecule has 0 aliphatic carbocycles. The molecule has 4 rings (SSSR count). The fraction of sp³-hybridized carbons (Fsp3) is 0.381. The van der Waals surface area contributed by atoms with Crippen LogP contribution in [0.15, 0.2) is 47.8 Å². The van der Waals surface area contributed by atoms with Crippen molar-refractivity contribution in [2.45, 2.75) is 19.8 Å². The zero-order valence-electron chi connectivity index (χ0n) is 17.6. The number of allylic oxidation sites excluding steroid dienone is 1. The van der Waals surface area contributed by atoms with Gasteiger partial charge in [0.25, 0.3) is 6.43 Å². The summed E-state index contributed by atoms with van der Waals surface area (Å²) >= 11 is 0. The number of anilines is 2. The van der Waals surface area contributed by atoms with E-state index in [1.54, 1.807) is 19.1 Å². The Morgan fingerprint density at radius 2 is 1.97 bits per heavy atom. The highest BCUT2D eigenvalue weighted by atomic mass is 19.3. The molecule has 0 radical (unpaired) electrons. The highest BCUT2D eigenvalue weighted by Crippen LogP contribution is 2.38. The molecule has 0 bridgehead atoms. The summed E-state index contributed by atoms with van der Waals surface area (Å²) in [6.07, 6.45) is -2.00. The van der Waals surface area contributed by atoms with E-state index >= 15 is 0 Å². The highest BCUT2D eigenvalue weighted by molar-refractivity contribution is 5.80. The van der Waals surface area contributed by atoms with E-state index in [4.69, 9.17) is 16.3 Å². The van der Waals surface area contributed by atoms with Crippen molar-refractivity contribution in [1.82, 2.24) is 15.5 Å². The molecule has 2 saturated heterocycles. The zero-order chi connectivity index (χ0) is 22.9. The van der Waals surface area contributed by atoms with E-state index in [1.165, 1.54) is 29.3 Å². The summed E-state index contributed by atoms with van der Waals surface area (Å²) in [5.74, 6) is 7.25. The number of nitrogens with two attached hydrogens (primary N) is 2. The maximum absolute atomic E-state index is 12.8. The number of alkyl halides is 2. The van der Waals surface area contributed by atoms with Gasteiger partial charge < -0.3 is 20.7 Å². The van der Waals surface area contributed by atoms with Crippen molar-refractivity contribution < 1.29 is 18.3 Å². The van der Waals surface area contributed by atoms with Gasteiger partial charge in [0, 0.05) is 48.8 Å². The van der Waals surface area contributed by atoms with Crippen LogP contribution < -0.4 is 31.5 Å². The Balaban J connectivity index is 1.35. The maximum Gasteiger partial charge on any atom is 0.263 e. The number of ether oxygens (including phenoxy) is 1. The number of carbonyl (C=O) groups excluding carboxylic acids is 1. The molecule has 9 nitrogen and oxygen atoms in total. The molecule has 2 aliphatic heterocycles. The zero-order valence-corrected chi connectivity index (χ0v) is 17.6. The molecule has 0 unspecified atom stereocenters. The summed E-state index contributed by atoms with van der Waals surface area (Å²) in [6.45, 7) is 3.90. The third kappa shape index (κ3) is 4.42. The number of nitrogens with one attached hydrogen (secondary N) is 1. The fourth-order valence-electron chi connectivity index (χ4n) is 3.91. The van der Waals surface area contributed by atoms with E-state index in [-0.39, 0.29) is 23.5 Å². The third-order valence-electron chi connectivity index (χ3n) is 5.72. The average Bonchev–Trinajstić information content (AvgIpc) is 3.15. The lowest BCUT2D eigenvalue weighted by Crippen LogP contribution is -2.57. The third-order valence-corrected chi connectivity index (χ3v) is 5.72. The Hall–Kier alpha value is -3.47. The summed E-state index contributed by atoms with van der Waals surface area (Å²) in [7, 11) is 0. The lowest BCUT2D eigenvalue weighted by molar-refractivity contribution is -0.119. The molecule has 32 heavy (non-hydrogen) atoms. The minimum atomic E-state index is -2.55. The van der Waals surface area contributed by atoms with Crippen molar-refractivity contribution in [1.29, 1.82) is 0 Å². The first-order valence-corrected chi connectivity index (χ1v) is 10.1. The SMILES string of the molecule is C/C(N)=C(\COc1ccc(N2CC3(CNC(=O)C3)C2)nn1)N(N)c1ccc(C(F)F)cc1. The second kappa shape index (κ2) is 8.58. The Kier molecular flexibility index (Phi) is 5.83. The van der Waals surface area contributed by atoms with Crippen LogP contribution in [0.25, 0.3) is 0 Å². The predicted molar refractivity (Wildman–Crippen MR) is 115 cm³/mol. The number of rotatable bonds is 7. The molecule has 5 N–H and O–H groups in total. The van der Waals surface area contributed by atoms with Crippen LogP contribution in [-0.2, 0) is 4.79 Å². The van der Waals surface area contributed by atoms with Gasteiger partial charge >= 0.3 is 0 Å². The second-order valence-electron chi connectivity index (χ2n) is 8.22. The molecule has 0 saturated carbocycles. The van der Waals surface area contributed by atoms with Crippen molar-refractivity contribution in [2.24, 2.45) is 17.0 Å². The number of hydrogen-bond acceptors (Lipinski definition) is 8. The molecule has 170 valence electrons. The first kappa shape index (κ1) is 21.8. The number of hydrogen-bond donors (Lipinski definition) is 3. The van der Waals surface area contributed by atoms with Crippen LogP contribution >= 0.6 is 0 Å². The quantitative estimate of drug-likeness (QED) is 0.435. The monoisotopic (exact) mass is 445 g/mol. The van der Waals surface area contributed by atoms with Crippen LogP contribution in [0, 0.1) is 5.41 Å². The van der Waals surface area contributed by atoms with E-state index in [0.717, 1.165) is 13.1 Å². The van der Waals surface area contributed by atoms with Crippen LogP contribution in [0.4, 0.5) is 20.3 Å². The molecule has 1 aromatic heterocycles. The van der Waals surface area contributed by atoms with Gasteiger partial charge in [0.05, 0.1) is 11.4 Å². The van der Waals surface area contributed by atoms with Crippen LogP contribution in [0.5, 0.6) is 5.88 Å².